The fraction of sp³-hybridized carbons (Fsp3) is 0.667. The minimum Gasteiger partial charge on any atom is -0.459 e. The number of nitrogens with zero attached hydrogens (tertiary/aromatic N) is 3. The van der Waals surface area contributed by atoms with Gasteiger partial charge in [-0.15, -0.1) is 0 Å². The average Bonchev–Trinajstić information content (AvgIpc) is 3.99. The van der Waals surface area contributed by atoms with Crippen molar-refractivity contribution >= 4 is 50.8 Å². The highest BCUT2D eigenvalue weighted by Crippen LogP contribution is 2.50. The summed E-state index contributed by atoms with van der Waals surface area (Å²) in [6.07, 6.45) is 5.01. The number of ether oxygens (including phenoxy) is 2. The summed E-state index contributed by atoms with van der Waals surface area (Å²) in [6.45, 7) is 16.5. The molecule has 0 radical (unpaired) electrons. The van der Waals surface area contributed by atoms with Gasteiger partial charge in [0.25, 0.3) is 17.8 Å². The quantitative estimate of drug-likeness (QED) is 0.314. The fourth-order valence-corrected chi connectivity index (χ4v) is 9.97. The lowest BCUT2D eigenvalue weighted by molar-refractivity contribution is -0.143. The van der Waals surface area contributed by atoms with Gasteiger partial charge < -0.3 is 30.3 Å². The number of carbonyl (C=O) groups excluding carboxylic acids is 5. The Balaban J connectivity index is 1.40. The van der Waals surface area contributed by atoms with E-state index in [1.165, 1.54) is 4.90 Å². The number of alkyl carbamates (subject to hydrolysis) is 1. The molecule has 3 fully saturated rings. The lowest BCUT2D eigenvalue weighted by atomic mass is 9.85. The largest absolute Gasteiger partial charge is 0.459 e. The molecule has 2 aliphatic carbocycles. The van der Waals surface area contributed by atoms with Gasteiger partial charge >= 0.3 is 6.09 Å². The molecule has 5 atom stereocenters. The van der Waals surface area contributed by atoms with Crippen LogP contribution in [0.25, 0.3) is 11.0 Å². The van der Waals surface area contributed by atoms with Crippen LogP contribution in [-0.2, 0) is 29.1 Å². The molecule has 0 unspecified atom stereocenters. The van der Waals surface area contributed by atoms with Gasteiger partial charge in [-0.1, -0.05) is 52.3 Å². The van der Waals surface area contributed by atoms with Crippen LogP contribution in [0.1, 0.15) is 130 Å². The van der Waals surface area contributed by atoms with Crippen molar-refractivity contribution in [3.63, 3.8) is 0 Å². The van der Waals surface area contributed by atoms with Gasteiger partial charge in [0.15, 0.2) is 0 Å². The summed E-state index contributed by atoms with van der Waals surface area (Å²) >= 11 is 0. The van der Waals surface area contributed by atoms with Gasteiger partial charge in [0.05, 0.1) is 22.4 Å². The summed E-state index contributed by atoms with van der Waals surface area (Å²) in [5.41, 5.74) is -1.74. The van der Waals surface area contributed by atoms with Crippen molar-refractivity contribution in [2.45, 2.75) is 154 Å². The number of likely N-dealkylation sites (tertiary alicyclic amines) is 1. The zero-order valence-electron chi connectivity index (χ0n) is 35.8. The molecule has 1 saturated heterocycles. The normalized spacial score (nSPS) is 27.1. The number of amides is 5. The maximum Gasteiger partial charge on any atom is 0.408 e. The van der Waals surface area contributed by atoms with Crippen molar-refractivity contribution in [2.75, 3.05) is 13.1 Å². The van der Waals surface area contributed by atoms with Crippen LogP contribution in [-0.4, -0.2) is 99.8 Å². The number of imidazole rings is 1. The number of para-hydroxylation sites is 1. The van der Waals surface area contributed by atoms with Crippen LogP contribution >= 0.6 is 0 Å². The van der Waals surface area contributed by atoms with E-state index in [9.17, 15) is 32.4 Å². The highest BCUT2D eigenvalue weighted by molar-refractivity contribution is 7.91. The number of aromatic nitrogens is 2. The van der Waals surface area contributed by atoms with E-state index in [0.29, 0.717) is 61.7 Å². The zero-order valence-corrected chi connectivity index (χ0v) is 36.6. The number of nitrogens with one attached hydrogen (secondary N) is 4. The predicted octanol–water partition coefficient (Wildman–Crippen LogP) is 4.64. The van der Waals surface area contributed by atoms with E-state index in [2.05, 4.69) is 20.7 Å². The SMILES string of the molecule is CC[C@@H]1C[C@@]12NC(=O)[C@@H]1C[C@H](CN1C(=O)[C@@H](NC(=O)OC(C)(C)C)C(C)(C)C)Oc1nc3c(cccc3n1C(C)C)C(=O)NCC/C=C\CCC1(CC1)S(=O)(=O)NC2=O. The number of hydrogen-bond donors (Lipinski definition) is 4. The zero-order chi connectivity index (χ0) is 43.3. The average molecular weight is 840 g/mol. The van der Waals surface area contributed by atoms with Crippen LogP contribution in [0.3, 0.4) is 0 Å². The molecule has 2 saturated carbocycles. The standard InChI is InChI=1S/C42H61N7O9S/c1-10-26-23-42(26)36(53)47-59(55,56)41(19-20-41)18-13-11-12-14-21-43-33(50)28-16-15-17-29-31(28)44-37(49(29)25(2)3)57-27-22-30(34(51)46-42)48(24-27)35(52)32(39(4,5)6)45-38(54)58-40(7,8)9/h11-12,15-17,25-27,30,32H,10,13-14,18-24H2,1-9H3,(H,43,50)(H,45,54)(H,46,51)(H,47,53)/b12-11-/t26-,27-,30+,32-,42-/m1/s1. The lowest BCUT2D eigenvalue weighted by Crippen LogP contribution is -2.60. The van der Waals surface area contributed by atoms with Crippen LogP contribution in [0.4, 0.5) is 4.79 Å². The number of allylic oxidation sites excluding steroid dienone is 1. The first-order valence-electron chi connectivity index (χ1n) is 20.8. The molecule has 59 heavy (non-hydrogen) atoms. The summed E-state index contributed by atoms with van der Waals surface area (Å²) in [6, 6.07) is 3.03. The molecule has 1 aromatic carbocycles. The molecule has 2 aromatic rings. The van der Waals surface area contributed by atoms with Crippen LogP contribution in [0.5, 0.6) is 6.01 Å². The molecule has 3 heterocycles. The van der Waals surface area contributed by atoms with Crippen molar-refractivity contribution < 1.29 is 41.9 Å². The van der Waals surface area contributed by atoms with Gasteiger partial charge in [0.1, 0.15) is 34.8 Å². The Labute approximate surface area is 347 Å². The summed E-state index contributed by atoms with van der Waals surface area (Å²) in [7, 11) is -4.11. The highest BCUT2D eigenvalue weighted by atomic mass is 32.2. The molecular weight excluding hydrogens is 779 g/mol. The molecule has 4 aliphatic rings. The van der Waals surface area contributed by atoms with Gasteiger partial charge in [-0.05, 0) is 96.6 Å². The molecular formula is C42H61N7O9S. The maximum atomic E-state index is 14.7. The van der Waals surface area contributed by atoms with E-state index in [4.69, 9.17) is 14.5 Å². The Bertz CT molecular complexity index is 2130. The first-order chi connectivity index (χ1) is 27.5. The van der Waals surface area contributed by atoms with Crippen molar-refractivity contribution in [1.82, 2.24) is 35.1 Å². The molecule has 4 bridgehead atoms. The number of rotatable bonds is 4. The Hall–Kier alpha value is -4.67. The van der Waals surface area contributed by atoms with Gasteiger partial charge in [-0.3, -0.25) is 28.5 Å². The number of benzene rings is 1. The summed E-state index contributed by atoms with van der Waals surface area (Å²) in [5.74, 6) is -2.67. The van der Waals surface area contributed by atoms with Crippen LogP contribution in [0, 0.1) is 11.3 Å². The third-order valence-corrected chi connectivity index (χ3v) is 14.0. The van der Waals surface area contributed by atoms with E-state index in [1.807, 2.05) is 43.6 Å². The second kappa shape index (κ2) is 16.1. The van der Waals surface area contributed by atoms with Crippen molar-refractivity contribution in [3.05, 3.63) is 35.9 Å². The smallest absolute Gasteiger partial charge is 0.408 e. The summed E-state index contributed by atoms with van der Waals surface area (Å²) < 4.78 is 42.8. The molecule has 5 amide bonds. The van der Waals surface area contributed by atoms with Crippen LogP contribution in [0.15, 0.2) is 30.4 Å². The fourth-order valence-electron chi connectivity index (χ4n) is 8.30. The number of hydrogen-bond acceptors (Lipinski definition) is 10. The molecule has 6 rings (SSSR count). The Kier molecular flexibility index (Phi) is 12.0. The monoisotopic (exact) mass is 839 g/mol. The van der Waals surface area contributed by atoms with Crippen molar-refractivity contribution in [2.24, 2.45) is 11.3 Å². The van der Waals surface area contributed by atoms with Gasteiger partial charge in [0.2, 0.25) is 21.8 Å². The number of sulfonamides is 1. The summed E-state index contributed by atoms with van der Waals surface area (Å²) in [5, 5.41) is 8.59. The molecule has 1 aromatic heterocycles. The maximum absolute atomic E-state index is 14.7. The van der Waals surface area contributed by atoms with Crippen LogP contribution in [0.2, 0.25) is 0 Å². The topological polar surface area (TPSA) is 207 Å². The number of carbonyl (C=O) groups is 5. The van der Waals surface area contributed by atoms with Gasteiger partial charge in [-0.2, -0.15) is 4.98 Å². The molecule has 324 valence electrons. The summed E-state index contributed by atoms with van der Waals surface area (Å²) in [4.78, 5) is 76.2. The first-order valence-corrected chi connectivity index (χ1v) is 22.3. The highest BCUT2D eigenvalue weighted by Gasteiger charge is 2.64. The molecule has 16 nitrogen and oxygen atoms in total. The van der Waals surface area contributed by atoms with Crippen molar-refractivity contribution in [1.29, 1.82) is 0 Å². The van der Waals surface area contributed by atoms with Gasteiger partial charge in [0, 0.05) is 19.0 Å². The van der Waals surface area contributed by atoms with Gasteiger partial charge in [-0.25, -0.2) is 13.2 Å². The van der Waals surface area contributed by atoms with E-state index in [-0.39, 0.29) is 43.3 Å². The van der Waals surface area contributed by atoms with E-state index < -0.39 is 73.3 Å². The predicted molar refractivity (Wildman–Crippen MR) is 221 cm³/mol. The van der Waals surface area contributed by atoms with E-state index in [1.54, 1.807) is 53.7 Å². The van der Waals surface area contributed by atoms with E-state index >= 15 is 0 Å². The van der Waals surface area contributed by atoms with E-state index in [0.717, 1.165) is 0 Å². The minimum atomic E-state index is -4.11. The second-order valence-electron chi connectivity index (χ2n) is 18.9. The Morgan fingerprint density at radius 1 is 1.05 bits per heavy atom. The van der Waals surface area contributed by atoms with Crippen LogP contribution < -0.4 is 25.4 Å². The first kappa shape index (κ1) is 43.9. The number of fused-ring (bicyclic) bond motifs is 3. The second-order valence-corrected chi connectivity index (χ2v) is 21.0. The minimum absolute atomic E-state index is 0.0155. The Morgan fingerprint density at radius 3 is 2.36 bits per heavy atom. The third-order valence-electron chi connectivity index (χ3n) is 11.8. The Morgan fingerprint density at radius 2 is 1.75 bits per heavy atom. The molecule has 2 aliphatic heterocycles. The van der Waals surface area contributed by atoms with Crippen molar-refractivity contribution in [3.8, 4) is 6.01 Å². The lowest BCUT2D eigenvalue weighted by Gasteiger charge is -2.36. The molecule has 2 spiro atoms. The third kappa shape index (κ3) is 9.09. The molecule has 4 N–H and O–H groups in total. The molecule has 17 heteroatoms.